The molecule has 398 valence electrons. The molecule has 0 spiro atoms. The second-order valence-electron chi connectivity index (χ2n) is 18.4. The zero-order chi connectivity index (χ0) is 53.0. The highest BCUT2D eigenvalue weighted by molar-refractivity contribution is 7.99. The average Bonchev–Trinajstić information content (AvgIpc) is 3.48. The number of esters is 3. The van der Waals surface area contributed by atoms with Gasteiger partial charge >= 0.3 is 17.9 Å². The molecular formula is C63H62O13S. The van der Waals surface area contributed by atoms with Crippen LogP contribution in [0, 0.1) is 0 Å². The summed E-state index contributed by atoms with van der Waals surface area (Å²) in [6.07, 6.45) is -9.77. The highest BCUT2D eigenvalue weighted by Crippen LogP contribution is 2.37. The molecule has 2 heterocycles. The molecule has 0 saturated carbocycles. The Morgan fingerprint density at radius 2 is 0.740 bits per heavy atom. The van der Waals surface area contributed by atoms with E-state index >= 15 is 0 Å². The second kappa shape index (κ2) is 28.4. The van der Waals surface area contributed by atoms with Gasteiger partial charge in [0.15, 0.2) is 24.6 Å². The number of hydrogen-bond donors (Lipinski definition) is 0. The molecule has 0 aliphatic carbocycles. The van der Waals surface area contributed by atoms with Crippen molar-refractivity contribution in [1.29, 1.82) is 0 Å². The van der Waals surface area contributed by atoms with E-state index in [-0.39, 0.29) is 49.7 Å². The number of hydrogen-bond acceptors (Lipinski definition) is 14. The molecule has 2 aliphatic rings. The Kier molecular flexibility index (Phi) is 20.2. The topological polar surface area (TPSA) is 144 Å². The van der Waals surface area contributed by atoms with Crippen LogP contribution in [0.1, 0.15) is 60.3 Å². The summed E-state index contributed by atoms with van der Waals surface area (Å²) in [6, 6.07) is 64.6. The first-order chi connectivity index (χ1) is 37.9. The fraction of sp³-hybridized carbons (Fsp3) is 0.286. The standard InChI is InChI=1S/C63H62O13S/c1-2-77-63-58(76-61(66)50-36-22-9-23-37-50)56(75-60(65)49-34-20-8-21-35-49)54(74-59(64)48-32-18-7-19-33-48)52(73-63)43-71-62-57(70-41-47-30-16-6-17-31-47)55(69-40-46-28-14-5-15-29-46)53(68-39-45-26-12-4-13-27-45)51(72-62)42-67-38-44-24-10-3-11-25-44/h3-37,51-58,62-63H,2,38-43H2,1H3/t51-,52-,53-,54-,55+,56+,57-,58-,62?,63+/m1/s1. The van der Waals surface area contributed by atoms with Gasteiger partial charge in [-0.25, -0.2) is 14.4 Å². The van der Waals surface area contributed by atoms with Gasteiger partial charge in [0.2, 0.25) is 0 Å². The van der Waals surface area contributed by atoms with Gasteiger partial charge in [-0.15, -0.1) is 11.8 Å². The van der Waals surface area contributed by atoms with Gasteiger partial charge in [-0.2, -0.15) is 0 Å². The van der Waals surface area contributed by atoms with Gasteiger partial charge in [-0.1, -0.05) is 183 Å². The zero-order valence-corrected chi connectivity index (χ0v) is 43.5. The summed E-state index contributed by atoms with van der Waals surface area (Å²) in [6.45, 7) is 2.57. The first kappa shape index (κ1) is 54.8. The lowest BCUT2D eigenvalue weighted by Gasteiger charge is -2.47. The number of carbonyl (C=O) groups is 3. The molecule has 0 aromatic heterocycles. The van der Waals surface area contributed by atoms with Crippen molar-refractivity contribution in [1.82, 2.24) is 0 Å². The monoisotopic (exact) mass is 1060 g/mol. The van der Waals surface area contributed by atoms with Crippen molar-refractivity contribution in [3.8, 4) is 0 Å². The van der Waals surface area contributed by atoms with Gasteiger partial charge in [0.1, 0.15) is 36.0 Å². The fourth-order valence-electron chi connectivity index (χ4n) is 9.08. The van der Waals surface area contributed by atoms with E-state index < -0.39 is 78.5 Å². The average molecular weight is 1060 g/mol. The Bertz CT molecular complexity index is 2850. The van der Waals surface area contributed by atoms with Gasteiger partial charge in [0.25, 0.3) is 0 Å². The summed E-state index contributed by atoms with van der Waals surface area (Å²) in [5.41, 5.74) is 3.50. The molecule has 0 radical (unpaired) electrons. The molecule has 14 heteroatoms. The Labute approximate surface area is 453 Å². The first-order valence-corrected chi connectivity index (χ1v) is 26.9. The van der Waals surface area contributed by atoms with Crippen molar-refractivity contribution in [2.45, 2.75) is 93.9 Å². The van der Waals surface area contributed by atoms with Crippen LogP contribution in [0.4, 0.5) is 0 Å². The first-order valence-electron chi connectivity index (χ1n) is 25.8. The van der Waals surface area contributed by atoms with Gasteiger partial charge in [-0.3, -0.25) is 0 Å². The van der Waals surface area contributed by atoms with E-state index in [1.165, 1.54) is 11.8 Å². The Hall–Kier alpha value is -6.98. The molecule has 7 aromatic rings. The third kappa shape index (κ3) is 15.4. The second-order valence-corrected chi connectivity index (χ2v) is 19.7. The molecule has 0 N–H and O–H groups in total. The molecule has 77 heavy (non-hydrogen) atoms. The number of rotatable bonds is 24. The Morgan fingerprint density at radius 1 is 0.377 bits per heavy atom. The summed E-state index contributed by atoms with van der Waals surface area (Å²) >= 11 is 1.33. The van der Waals surface area contributed by atoms with E-state index in [0.29, 0.717) is 12.4 Å². The SMILES string of the molecule is CCS[C@@H]1O[C@H](COC2O[C@H](COCc3ccccc3)[C@@H](OCc3ccccc3)[C@H](OCc3ccccc3)[C@H]2OCc2ccccc2)[C@@H](OC(=O)c2ccccc2)[C@H](OC(=O)c2ccccc2)[C@H]1OC(=O)c1ccccc1. The van der Waals surface area contributed by atoms with Gasteiger partial charge in [0, 0.05) is 0 Å². The van der Waals surface area contributed by atoms with Crippen molar-refractivity contribution >= 4 is 29.7 Å². The van der Waals surface area contributed by atoms with Crippen LogP contribution in [0.25, 0.3) is 0 Å². The van der Waals surface area contributed by atoms with Crippen LogP contribution in [0.2, 0.25) is 0 Å². The predicted octanol–water partition coefficient (Wildman–Crippen LogP) is 10.9. The van der Waals surface area contributed by atoms with E-state index in [1.54, 1.807) is 91.0 Å². The molecule has 2 fully saturated rings. The third-order valence-electron chi connectivity index (χ3n) is 12.9. The van der Waals surface area contributed by atoms with Gasteiger partial charge in [-0.05, 0) is 64.4 Å². The van der Waals surface area contributed by atoms with E-state index in [1.807, 2.05) is 128 Å². The fourth-order valence-corrected chi connectivity index (χ4v) is 10.0. The maximum Gasteiger partial charge on any atom is 0.338 e. The number of benzene rings is 7. The molecule has 10 atom stereocenters. The number of ether oxygens (including phenoxy) is 10. The summed E-state index contributed by atoms with van der Waals surface area (Å²) < 4.78 is 67.2. The normalized spacial score (nSPS) is 23.1. The van der Waals surface area contributed by atoms with Crippen LogP contribution in [-0.2, 0) is 73.8 Å². The highest BCUT2D eigenvalue weighted by Gasteiger charge is 2.54. The maximum absolute atomic E-state index is 14.3. The molecule has 2 saturated heterocycles. The quantitative estimate of drug-likeness (QED) is 0.0418. The summed E-state index contributed by atoms with van der Waals surface area (Å²) in [7, 11) is 0. The van der Waals surface area contributed by atoms with E-state index in [9.17, 15) is 14.4 Å². The molecule has 1 unspecified atom stereocenters. The molecule has 0 amide bonds. The lowest BCUT2D eigenvalue weighted by Crippen LogP contribution is -2.64. The maximum atomic E-state index is 14.3. The van der Waals surface area contributed by atoms with Crippen LogP contribution in [0.5, 0.6) is 0 Å². The van der Waals surface area contributed by atoms with Crippen molar-refractivity contribution in [3.63, 3.8) is 0 Å². The van der Waals surface area contributed by atoms with E-state index in [0.717, 1.165) is 22.3 Å². The smallest absolute Gasteiger partial charge is 0.338 e. The predicted molar refractivity (Wildman–Crippen MR) is 289 cm³/mol. The zero-order valence-electron chi connectivity index (χ0n) is 42.6. The third-order valence-corrected chi connectivity index (χ3v) is 14.0. The minimum atomic E-state index is -1.41. The van der Waals surface area contributed by atoms with Gasteiger partial charge in [0.05, 0.1) is 56.3 Å². The molecule has 0 bridgehead atoms. The van der Waals surface area contributed by atoms with E-state index in [2.05, 4.69) is 0 Å². The molecule has 2 aliphatic heterocycles. The van der Waals surface area contributed by atoms with Crippen LogP contribution in [0.3, 0.4) is 0 Å². The largest absolute Gasteiger partial charge is 0.452 e. The van der Waals surface area contributed by atoms with Crippen LogP contribution in [-0.4, -0.2) is 97.4 Å². The van der Waals surface area contributed by atoms with Crippen molar-refractivity contribution < 1.29 is 61.8 Å². The van der Waals surface area contributed by atoms with Crippen LogP contribution < -0.4 is 0 Å². The van der Waals surface area contributed by atoms with Crippen molar-refractivity contribution in [3.05, 3.63) is 251 Å². The van der Waals surface area contributed by atoms with E-state index in [4.69, 9.17) is 47.4 Å². The number of thioether (sulfide) groups is 1. The lowest BCUT2D eigenvalue weighted by molar-refractivity contribution is -0.335. The summed E-state index contributed by atoms with van der Waals surface area (Å²) in [5, 5.41) is 0. The lowest BCUT2D eigenvalue weighted by atomic mass is 9.97. The Morgan fingerprint density at radius 3 is 1.18 bits per heavy atom. The summed E-state index contributed by atoms with van der Waals surface area (Å²) in [4.78, 5) is 42.6. The van der Waals surface area contributed by atoms with Crippen molar-refractivity contribution in [2.24, 2.45) is 0 Å². The summed E-state index contributed by atoms with van der Waals surface area (Å²) in [5.74, 6) is -1.66. The molecule has 9 rings (SSSR count). The molecule has 7 aromatic carbocycles. The minimum Gasteiger partial charge on any atom is -0.452 e. The van der Waals surface area contributed by atoms with Gasteiger partial charge < -0.3 is 47.4 Å². The molecule has 13 nitrogen and oxygen atoms in total. The highest BCUT2D eigenvalue weighted by atomic mass is 32.2. The minimum absolute atomic E-state index is 0.0727. The van der Waals surface area contributed by atoms with Crippen molar-refractivity contribution in [2.75, 3.05) is 19.0 Å². The Balaban J connectivity index is 1.09. The van der Waals surface area contributed by atoms with Crippen LogP contribution in [0.15, 0.2) is 212 Å². The molecular weight excluding hydrogens is 997 g/mol. The number of carbonyl (C=O) groups excluding carboxylic acids is 3. The van der Waals surface area contributed by atoms with Crippen LogP contribution >= 0.6 is 11.8 Å².